The Morgan fingerprint density at radius 3 is 2.53 bits per heavy atom. The summed E-state index contributed by atoms with van der Waals surface area (Å²) in [6.45, 7) is 5.38. The van der Waals surface area contributed by atoms with Crippen LogP contribution in [0, 0.1) is 5.92 Å². The summed E-state index contributed by atoms with van der Waals surface area (Å²) in [5.74, 6) is -0.00185. The van der Waals surface area contributed by atoms with E-state index < -0.39 is 0 Å². The first kappa shape index (κ1) is 23.3. The maximum absolute atomic E-state index is 13.4. The lowest BCUT2D eigenvalue weighted by Crippen LogP contribution is -2.60. The largest absolute Gasteiger partial charge is 0.379 e. The standard InChI is InChI=1S/C28H37N3O3/c32-26(29-21-28(13-4-1-5-14-28)31-16-18-34-19-17-31)23-10-7-15-30(20-23)27(33)25-12-6-9-22-8-2-3-11-24(22)25/h2-3,6,8-9,11-12,23H,1,4-5,7,10,13-21H2,(H,29,32)/t23-/m1/s1. The highest BCUT2D eigenvalue weighted by molar-refractivity contribution is 6.07. The number of hydrogen-bond acceptors (Lipinski definition) is 4. The van der Waals surface area contributed by atoms with E-state index in [4.69, 9.17) is 4.74 Å². The average Bonchev–Trinajstić information content (AvgIpc) is 2.92. The summed E-state index contributed by atoms with van der Waals surface area (Å²) in [5, 5.41) is 5.38. The van der Waals surface area contributed by atoms with Gasteiger partial charge in [0.2, 0.25) is 5.91 Å². The highest BCUT2D eigenvalue weighted by Crippen LogP contribution is 2.34. The zero-order chi connectivity index (χ0) is 23.4. The molecule has 6 heteroatoms. The molecule has 1 aliphatic carbocycles. The number of benzene rings is 2. The van der Waals surface area contributed by atoms with Crippen LogP contribution in [0.3, 0.4) is 0 Å². The molecule has 2 amide bonds. The molecular weight excluding hydrogens is 426 g/mol. The van der Waals surface area contributed by atoms with Crippen molar-refractivity contribution in [2.45, 2.75) is 50.5 Å². The number of fused-ring (bicyclic) bond motifs is 1. The van der Waals surface area contributed by atoms with Gasteiger partial charge in [0.15, 0.2) is 0 Å². The van der Waals surface area contributed by atoms with Crippen molar-refractivity contribution in [1.29, 1.82) is 0 Å². The van der Waals surface area contributed by atoms with Crippen molar-refractivity contribution in [3.8, 4) is 0 Å². The number of nitrogens with zero attached hydrogens (tertiary/aromatic N) is 2. The van der Waals surface area contributed by atoms with Crippen molar-refractivity contribution >= 4 is 22.6 Å². The Morgan fingerprint density at radius 2 is 1.71 bits per heavy atom. The second-order valence-electron chi connectivity index (χ2n) is 10.2. The first-order valence-electron chi connectivity index (χ1n) is 13.0. The molecule has 1 atom stereocenters. The Bertz CT molecular complexity index is 1010. The molecule has 182 valence electrons. The zero-order valence-electron chi connectivity index (χ0n) is 20.1. The first-order valence-corrected chi connectivity index (χ1v) is 13.0. The van der Waals surface area contributed by atoms with Gasteiger partial charge in [-0.2, -0.15) is 0 Å². The number of piperidine rings is 1. The molecule has 3 fully saturated rings. The van der Waals surface area contributed by atoms with Crippen LogP contribution < -0.4 is 5.32 Å². The highest BCUT2D eigenvalue weighted by Gasteiger charge is 2.39. The number of morpholine rings is 1. The molecule has 0 spiro atoms. The zero-order valence-corrected chi connectivity index (χ0v) is 20.1. The van der Waals surface area contributed by atoms with Gasteiger partial charge in [-0.25, -0.2) is 0 Å². The minimum atomic E-state index is -0.141. The van der Waals surface area contributed by atoms with Crippen molar-refractivity contribution in [1.82, 2.24) is 15.1 Å². The Balaban J connectivity index is 1.24. The SMILES string of the molecule is O=C(NCC1(N2CCOCC2)CCCCC1)[C@@H]1CCCN(C(=O)c2cccc3ccccc23)C1. The molecule has 2 aromatic rings. The van der Waals surface area contributed by atoms with Gasteiger partial charge >= 0.3 is 0 Å². The molecule has 5 rings (SSSR count). The maximum atomic E-state index is 13.4. The van der Waals surface area contributed by atoms with E-state index in [1.807, 2.05) is 47.4 Å². The maximum Gasteiger partial charge on any atom is 0.254 e. The number of nitrogens with one attached hydrogen (secondary N) is 1. The number of amides is 2. The van der Waals surface area contributed by atoms with E-state index in [9.17, 15) is 9.59 Å². The summed E-state index contributed by atoms with van der Waals surface area (Å²) in [6.07, 6.45) is 7.73. The number of ether oxygens (including phenoxy) is 1. The molecule has 3 aliphatic rings. The van der Waals surface area contributed by atoms with Gasteiger partial charge in [0, 0.05) is 43.8 Å². The summed E-state index contributed by atoms with van der Waals surface area (Å²) in [4.78, 5) is 31.2. The third-order valence-electron chi connectivity index (χ3n) is 8.16. The van der Waals surface area contributed by atoms with E-state index in [1.165, 1.54) is 19.3 Å². The summed E-state index contributed by atoms with van der Waals surface area (Å²) in [5.41, 5.74) is 0.790. The number of rotatable bonds is 5. The lowest BCUT2D eigenvalue weighted by Gasteiger charge is -2.48. The predicted molar refractivity (Wildman–Crippen MR) is 134 cm³/mol. The van der Waals surface area contributed by atoms with Crippen molar-refractivity contribution in [3.63, 3.8) is 0 Å². The van der Waals surface area contributed by atoms with E-state index in [-0.39, 0.29) is 23.3 Å². The van der Waals surface area contributed by atoms with Crippen LogP contribution in [0.5, 0.6) is 0 Å². The lowest BCUT2D eigenvalue weighted by molar-refractivity contribution is -0.127. The number of carbonyl (C=O) groups is 2. The molecule has 2 aliphatic heterocycles. The smallest absolute Gasteiger partial charge is 0.254 e. The third-order valence-corrected chi connectivity index (χ3v) is 8.16. The molecule has 2 aromatic carbocycles. The van der Waals surface area contributed by atoms with E-state index >= 15 is 0 Å². The molecule has 1 saturated carbocycles. The van der Waals surface area contributed by atoms with Crippen LogP contribution >= 0.6 is 0 Å². The molecule has 1 N–H and O–H groups in total. The van der Waals surface area contributed by atoms with Crippen LogP contribution in [0.15, 0.2) is 42.5 Å². The van der Waals surface area contributed by atoms with Crippen LogP contribution in [-0.4, -0.2) is 73.1 Å². The molecular formula is C28H37N3O3. The molecule has 2 heterocycles. The third kappa shape index (κ3) is 4.84. The van der Waals surface area contributed by atoms with Crippen molar-refractivity contribution in [3.05, 3.63) is 48.0 Å². The normalized spacial score (nSPS) is 23.5. The Morgan fingerprint density at radius 1 is 0.941 bits per heavy atom. The lowest BCUT2D eigenvalue weighted by atomic mass is 9.79. The van der Waals surface area contributed by atoms with E-state index in [0.717, 1.165) is 68.3 Å². The van der Waals surface area contributed by atoms with Gasteiger partial charge < -0.3 is 15.0 Å². The highest BCUT2D eigenvalue weighted by atomic mass is 16.5. The number of likely N-dealkylation sites (tertiary alicyclic amines) is 1. The minimum Gasteiger partial charge on any atom is -0.379 e. The topological polar surface area (TPSA) is 61.9 Å². The van der Waals surface area contributed by atoms with Crippen molar-refractivity contribution in [2.75, 3.05) is 45.9 Å². The molecule has 2 saturated heterocycles. The monoisotopic (exact) mass is 463 g/mol. The van der Waals surface area contributed by atoms with Gasteiger partial charge in [0.05, 0.1) is 19.1 Å². The molecule has 0 radical (unpaired) electrons. The second kappa shape index (κ2) is 10.4. The Hall–Kier alpha value is -2.44. The van der Waals surface area contributed by atoms with Crippen LogP contribution in [0.4, 0.5) is 0 Å². The summed E-state index contributed by atoms with van der Waals surface area (Å²) in [7, 11) is 0. The van der Waals surface area contributed by atoms with E-state index in [0.29, 0.717) is 19.6 Å². The number of hydrogen-bond donors (Lipinski definition) is 1. The molecule has 0 unspecified atom stereocenters. The summed E-state index contributed by atoms with van der Waals surface area (Å²) in [6, 6.07) is 13.9. The van der Waals surface area contributed by atoms with Crippen LogP contribution in [0.25, 0.3) is 10.8 Å². The van der Waals surface area contributed by atoms with Crippen LogP contribution in [-0.2, 0) is 9.53 Å². The predicted octanol–water partition coefficient (Wildman–Crippen LogP) is 3.84. The van der Waals surface area contributed by atoms with Crippen LogP contribution in [0.2, 0.25) is 0 Å². The summed E-state index contributed by atoms with van der Waals surface area (Å²) >= 11 is 0. The fraction of sp³-hybridized carbons (Fsp3) is 0.571. The Kier molecular flexibility index (Phi) is 7.16. The van der Waals surface area contributed by atoms with Crippen LogP contribution in [0.1, 0.15) is 55.3 Å². The van der Waals surface area contributed by atoms with Crippen molar-refractivity contribution < 1.29 is 14.3 Å². The number of carbonyl (C=O) groups excluding carboxylic acids is 2. The van der Waals surface area contributed by atoms with E-state index in [2.05, 4.69) is 10.2 Å². The second-order valence-corrected chi connectivity index (χ2v) is 10.2. The molecule has 6 nitrogen and oxygen atoms in total. The molecule has 0 aromatic heterocycles. The fourth-order valence-electron chi connectivity index (χ4n) is 6.21. The van der Waals surface area contributed by atoms with Gasteiger partial charge in [-0.1, -0.05) is 55.7 Å². The average molecular weight is 464 g/mol. The first-order chi connectivity index (χ1) is 16.7. The van der Waals surface area contributed by atoms with Gasteiger partial charge in [0.25, 0.3) is 5.91 Å². The van der Waals surface area contributed by atoms with Gasteiger partial charge in [-0.15, -0.1) is 0 Å². The van der Waals surface area contributed by atoms with Crippen molar-refractivity contribution in [2.24, 2.45) is 5.92 Å². The van der Waals surface area contributed by atoms with Gasteiger partial charge in [-0.05, 0) is 42.5 Å². The molecule has 0 bridgehead atoms. The quantitative estimate of drug-likeness (QED) is 0.732. The van der Waals surface area contributed by atoms with E-state index in [1.54, 1.807) is 0 Å². The Labute approximate surface area is 202 Å². The minimum absolute atomic E-state index is 0.0337. The van der Waals surface area contributed by atoms with Gasteiger partial charge in [0.1, 0.15) is 0 Å². The van der Waals surface area contributed by atoms with Gasteiger partial charge in [-0.3, -0.25) is 14.5 Å². The fourth-order valence-corrected chi connectivity index (χ4v) is 6.21. The molecule has 34 heavy (non-hydrogen) atoms. The summed E-state index contributed by atoms with van der Waals surface area (Å²) < 4.78 is 5.59.